The maximum absolute atomic E-state index is 14.8. The van der Waals surface area contributed by atoms with E-state index in [0.29, 0.717) is 0 Å². The van der Waals surface area contributed by atoms with E-state index in [1.165, 1.54) is 0 Å². The smallest absolute Gasteiger partial charge is 0.368 e. The van der Waals surface area contributed by atoms with Gasteiger partial charge in [0.25, 0.3) is 0 Å². The Bertz CT molecular complexity index is 870. The van der Waals surface area contributed by atoms with Crippen LogP contribution in [0.25, 0.3) is 0 Å². The molecule has 4 rings (SSSR count). The Labute approximate surface area is 186 Å². The van der Waals surface area contributed by atoms with Gasteiger partial charge in [-0.1, -0.05) is 18.2 Å². The molecule has 176 valence electrons. The fourth-order valence-electron chi connectivity index (χ4n) is 3.01. The highest BCUT2D eigenvalue weighted by atomic mass is 19.2. The third-order valence-corrected chi connectivity index (χ3v) is 4.47. The van der Waals surface area contributed by atoms with E-state index in [1.807, 2.05) is 24.5 Å². The second kappa shape index (κ2) is 10.5. The zero-order chi connectivity index (χ0) is 24.0. The zero-order valence-electron chi connectivity index (χ0n) is 17.2. The van der Waals surface area contributed by atoms with Crippen molar-refractivity contribution in [3.8, 4) is 0 Å². The van der Waals surface area contributed by atoms with Crippen molar-refractivity contribution in [1.82, 2.24) is 4.98 Å². The van der Waals surface area contributed by atoms with Crippen molar-refractivity contribution in [3.05, 3.63) is 96.7 Å². The molecule has 11 heteroatoms. The average molecular weight is 471 g/mol. The van der Waals surface area contributed by atoms with Crippen molar-refractivity contribution in [3.63, 3.8) is 0 Å². The molecule has 0 saturated heterocycles. The molecule has 0 aromatic carbocycles. The first-order chi connectivity index (χ1) is 15.6. The van der Waals surface area contributed by atoms with Crippen molar-refractivity contribution in [2.45, 2.75) is 36.8 Å². The lowest BCUT2D eigenvalue weighted by atomic mass is 10.0. The predicted octanol–water partition coefficient (Wildman–Crippen LogP) is 6.47. The lowest BCUT2D eigenvalue weighted by molar-refractivity contribution is -0.151. The normalized spacial score (nSPS) is 30.7. The molecule has 3 atom stereocenters. The number of aromatic amines is 1. The van der Waals surface area contributed by atoms with Gasteiger partial charge in [0.1, 0.15) is 17.5 Å². The van der Waals surface area contributed by atoms with Gasteiger partial charge in [-0.05, 0) is 48.6 Å². The molecule has 1 aromatic rings. The highest BCUT2D eigenvalue weighted by Gasteiger charge is 2.48. The van der Waals surface area contributed by atoms with Crippen molar-refractivity contribution >= 4 is 7.32 Å². The van der Waals surface area contributed by atoms with Gasteiger partial charge in [-0.25, -0.2) is 26.3 Å². The number of alkyl halides is 3. The number of hydrogen-bond donors (Lipinski definition) is 1. The van der Waals surface area contributed by atoms with Crippen LogP contribution in [-0.4, -0.2) is 29.9 Å². The molecule has 3 aliphatic carbocycles. The van der Waals surface area contributed by atoms with E-state index in [4.69, 9.17) is 14.0 Å². The molecule has 0 spiro atoms. The Morgan fingerprint density at radius 1 is 0.636 bits per heavy atom. The quantitative estimate of drug-likeness (QED) is 0.382. The minimum Gasteiger partial charge on any atom is -0.368 e. The largest absolute Gasteiger partial charge is 0.647 e. The number of nitrogens with one attached hydrogen (secondary N) is 1. The molecule has 0 aliphatic heterocycles. The molecule has 3 aliphatic rings. The monoisotopic (exact) mass is 471 g/mol. The van der Waals surface area contributed by atoms with Crippen molar-refractivity contribution < 1.29 is 40.3 Å². The molecule has 4 nitrogen and oxygen atoms in total. The summed E-state index contributed by atoms with van der Waals surface area (Å²) in [5.74, 6) is -11.2. The first-order valence-electron chi connectivity index (χ1n) is 9.88. The number of allylic oxidation sites excluding steroid dienone is 6. The first-order valence-corrected chi connectivity index (χ1v) is 9.88. The van der Waals surface area contributed by atoms with Gasteiger partial charge >= 0.3 is 7.32 Å². The standard InChI is InChI=1S/C18H15BF6O3.C4H5N/c20-13-4-1-7-16(23,10-13)26-19(27-17(24)8-2-5-14(21)11-17)28-18(25)9-3-6-15(22)12-18;1-2-4-5-3-1/h1-9H,10-12H2;1-5H. The molecule has 1 heterocycles. The first kappa shape index (κ1) is 24.9. The van der Waals surface area contributed by atoms with E-state index in [1.54, 1.807) is 0 Å². The summed E-state index contributed by atoms with van der Waals surface area (Å²) >= 11 is 0. The highest BCUT2D eigenvalue weighted by molar-refractivity contribution is 6.37. The number of H-pyrrole nitrogens is 1. The van der Waals surface area contributed by atoms with Crippen LogP contribution in [0.1, 0.15) is 19.3 Å². The Morgan fingerprint density at radius 3 is 1.21 bits per heavy atom. The van der Waals surface area contributed by atoms with Crippen LogP contribution in [0.5, 0.6) is 0 Å². The Kier molecular flexibility index (Phi) is 7.88. The Morgan fingerprint density at radius 2 is 0.970 bits per heavy atom. The van der Waals surface area contributed by atoms with Crippen molar-refractivity contribution in [1.29, 1.82) is 0 Å². The summed E-state index contributed by atoms with van der Waals surface area (Å²) in [6.07, 6.45) is 9.32. The third-order valence-electron chi connectivity index (χ3n) is 4.47. The van der Waals surface area contributed by atoms with E-state index < -0.39 is 61.6 Å². The highest BCUT2D eigenvalue weighted by Crippen LogP contribution is 2.37. The van der Waals surface area contributed by atoms with Crippen LogP contribution in [0.2, 0.25) is 0 Å². The number of hydrogen-bond acceptors (Lipinski definition) is 3. The van der Waals surface area contributed by atoms with Gasteiger partial charge in [0.2, 0.25) is 17.6 Å². The maximum atomic E-state index is 14.8. The molecular weight excluding hydrogens is 451 g/mol. The van der Waals surface area contributed by atoms with Gasteiger partial charge in [0, 0.05) is 12.4 Å². The second-order valence-corrected chi connectivity index (χ2v) is 7.33. The SMILES string of the molecule is FC1=CC=CC(F)(OB(OC2(F)C=CC=C(F)C2)OC2(F)C=CC=C(F)C2)C1.c1cc[nH]c1. The summed E-state index contributed by atoms with van der Waals surface area (Å²) in [4.78, 5) is 2.86. The van der Waals surface area contributed by atoms with Gasteiger partial charge in [-0.15, -0.1) is 0 Å². The van der Waals surface area contributed by atoms with E-state index >= 15 is 0 Å². The molecule has 0 saturated carbocycles. The minimum absolute atomic E-state index is 0.792. The Hall–Kier alpha value is -2.76. The topological polar surface area (TPSA) is 43.5 Å². The van der Waals surface area contributed by atoms with Gasteiger partial charge in [0.05, 0.1) is 19.3 Å². The van der Waals surface area contributed by atoms with Gasteiger partial charge in [-0.2, -0.15) is 0 Å². The zero-order valence-corrected chi connectivity index (χ0v) is 17.2. The molecule has 33 heavy (non-hydrogen) atoms. The van der Waals surface area contributed by atoms with Crippen LogP contribution in [0.4, 0.5) is 26.3 Å². The molecule has 1 N–H and O–H groups in total. The van der Waals surface area contributed by atoms with Crippen molar-refractivity contribution in [2.75, 3.05) is 0 Å². The fourth-order valence-corrected chi connectivity index (χ4v) is 3.01. The summed E-state index contributed by atoms with van der Waals surface area (Å²) < 4.78 is 99.2. The Balaban J connectivity index is 0.000000541. The third kappa shape index (κ3) is 7.66. The van der Waals surface area contributed by atoms with Crippen LogP contribution in [0, 0.1) is 0 Å². The van der Waals surface area contributed by atoms with Crippen LogP contribution >= 0.6 is 0 Å². The second-order valence-electron chi connectivity index (χ2n) is 7.33. The van der Waals surface area contributed by atoms with Gasteiger partial charge in [-0.3, -0.25) is 0 Å². The van der Waals surface area contributed by atoms with Crippen LogP contribution in [0.3, 0.4) is 0 Å². The summed E-state index contributed by atoms with van der Waals surface area (Å²) in [7, 11) is -2.40. The fraction of sp³-hybridized carbons (Fsp3) is 0.273. The molecule has 0 bridgehead atoms. The minimum atomic E-state index is -2.85. The van der Waals surface area contributed by atoms with Gasteiger partial charge in [0.15, 0.2) is 0 Å². The summed E-state index contributed by atoms with van der Waals surface area (Å²) in [5.41, 5.74) is 0. The number of aromatic nitrogens is 1. The summed E-state index contributed by atoms with van der Waals surface area (Å²) in [5, 5.41) is 0. The maximum Gasteiger partial charge on any atom is 0.647 e. The molecule has 0 fully saturated rings. The molecule has 1 aromatic heterocycles. The lowest BCUT2D eigenvalue weighted by Crippen LogP contribution is -2.47. The van der Waals surface area contributed by atoms with E-state index in [-0.39, 0.29) is 0 Å². The van der Waals surface area contributed by atoms with E-state index in [0.717, 1.165) is 54.7 Å². The average Bonchev–Trinajstić information content (AvgIpc) is 3.26. The lowest BCUT2D eigenvalue weighted by Gasteiger charge is -2.34. The van der Waals surface area contributed by atoms with E-state index in [2.05, 4.69) is 4.98 Å². The molecule has 0 radical (unpaired) electrons. The van der Waals surface area contributed by atoms with Crippen molar-refractivity contribution in [2.24, 2.45) is 0 Å². The van der Waals surface area contributed by atoms with E-state index in [9.17, 15) is 26.3 Å². The molecule has 3 unspecified atom stereocenters. The van der Waals surface area contributed by atoms with Crippen LogP contribution in [0.15, 0.2) is 96.7 Å². The summed E-state index contributed by atoms with van der Waals surface area (Å²) in [6, 6.07) is 3.89. The van der Waals surface area contributed by atoms with Crippen LogP contribution in [-0.2, 0) is 14.0 Å². The predicted molar refractivity (Wildman–Crippen MR) is 110 cm³/mol. The van der Waals surface area contributed by atoms with Gasteiger partial charge < -0.3 is 18.9 Å². The van der Waals surface area contributed by atoms with Crippen LogP contribution < -0.4 is 0 Å². The molecular formula is C22H20BF6NO3. The number of halogens is 6. The molecule has 0 amide bonds. The summed E-state index contributed by atoms with van der Waals surface area (Å²) in [6.45, 7) is 0. The number of rotatable bonds is 6.